The van der Waals surface area contributed by atoms with Gasteiger partial charge in [0.05, 0.1) is 16.3 Å². The van der Waals surface area contributed by atoms with Gasteiger partial charge in [0, 0.05) is 17.5 Å². The monoisotopic (exact) mass is 399 g/mol. The Kier molecular flexibility index (Phi) is 5.63. The zero-order chi connectivity index (χ0) is 19.4. The van der Waals surface area contributed by atoms with E-state index in [1.54, 1.807) is 6.07 Å². The molecule has 0 unspecified atom stereocenters. The maximum Gasteiger partial charge on any atom is 0.288 e. The van der Waals surface area contributed by atoms with Crippen LogP contribution in [0.2, 0.25) is 5.02 Å². The Hall–Kier alpha value is -3.03. The predicted molar refractivity (Wildman–Crippen MR) is 108 cm³/mol. The van der Waals surface area contributed by atoms with Crippen LogP contribution < -0.4 is 4.90 Å². The number of carbonyl (C=O) groups is 1. The largest absolute Gasteiger partial charge is 0.288 e. The molecular formula is C19H14ClN3O3S. The lowest BCUT2D eigenvalue weighted by molar-refractivity contribution is -0.384. The summed E-state index contributed by atoms with van der Waals surface area (Å²) in [7, 11) is 0. The Balaban J connectivity index is 1.92. The number of rotatable bonds is 5. The molecule has 6 nitrogen and oxygen atoms in total. The maximum atomic E-state index is 12.9. The lowest BCUT2D eigenvalue weighted by Gasteiger charge is -2.18. The summed E-state index contributed by atoms with van der Waals surface area (Å²) < 4.78 is 0. The van der Waals surface area contributed by atoms with Crippen molar-refractivity contribution >= 4 is 51.4 Å². The zero-order valence-corrected chi connectivity index (χ0v) is 15.8. The Labute approximate surface area is 164 Å². The molecule has 0 spiro atoms. The van der Waals surface area contributed by atoms with E-state index < -0.39 is 4.92 Å². The Morgan fingerprint density at radius 1 is 1.26 bits per heavy atom. The molecular weight excluding hydrogens is 386 g/mol. The molecule has 0 N–H and O–H groups in total. The molecule has 0 aliphatic heterocycles. The summed E-state index contributed by atoms with van der Waals surface area (Å²) in [5.74, 6) is -0.312. The van der Waals surface area contributed by atoms with Gasteiger partial charge in [-0.15, -0.1) is 11.3 Å². The van der Waals surface area contributed by atoms with Crippen molar-refractivity contribution in [2.24, 2.45) is 0 Å². The second kappa shape index (κ2) is 8.11. The van der Waals surface area contributed by atoms with Crippen molar-refractivity contribution < 1.29 is 9.72 Å². The van der Waals surface area contributed by atoms with E-state index in [2.05, 4.69) is 4.98 Å². The first-order chi connectivity index (χ1) is 13.0. The van der Waals surface area contributed by atoms with Gasteiger partial charge in [-0.05, 0) is 36.8 Å². The van der Waals surface area contributed by atoms with Crippen molar-refractivity contribution in [1.82, 2.24) is 4.98 Å². The summed E-state index contributed by atoms with van der Waals surface area (Å²) in [6.07, 6.45) is 2.87. The topological polar surface area (TPSA) is 76.3 Å². The number of carbonyl (C=O) groups excluding carboxylic acids is 1. The molecule has 3 aromatic rings. The fourth-order valence-corrected chi connectivity index (χ4v) is 3.38. The number of hydrogen-bond donors (Lipinski definition) is 0. The first-order valence-electron chi connectivity index (χ1n) is 7.89. The molecule has 0 bridgehead atoms. The van der Waals surface area contributed by atoms with E-state index in [1.165, 1.54) is 40.5 Å². The molecule has 1 amide bonds. The number of para-hydroxylation sites is 1. The van der Waals surface area contributed by atoms with E-state index in [0.717, 1.165) is 5.69 Å². The molecule has 0 saturated heterocycles. The third-order valence-electron chi connectivity index (χ3n) is 3.62. The minimum atomic E-state index is -0.559. The van der Waals surface area contributed by atoms with Crippen molar-refractivity contribution in [3.8, 4) is 0 Å². The Morgan fingerprint density at radius 3 is 2.63 bits per heavy atom. The normalized spacial score (nSPS) is 10.9. The summed E-state index contributed by atoms with van der Waals surface area (Å²) in [5, 5.41) is 13.5. The lowest BCUT2D eigenvalue weighted by atomic mass is 10.2. The van der Waals surface area contributed by atoms with Crippen LogP contribution in [0.3, 0.4) is 0 Å². The van der Waals surface area contributed by atoms with Gasteiger partial charge in [0.25, 0.3) is 11.6 Å². The van der Waals surface area contributed by atoms with Crippen molar-refractivity contribution in [2.45, 2.75) is 6.92 Å². The molecule has 0 radical (unpaired) electrons. The average molecular weight is 400 g/mol. The highest BCUT2D eigenvalue weighted by Gasteiger charge is 2.19. The van der Waals surface area contributed by atoms with E-state index in [1.807, 2.05) is 42.6 Å². The zero-order valence-electron chi connectivity index (χ0n) is 14.2. The van der Waals surface area contributed by atoms with Crippen LogP contribution in [0.25, 0.3) is 6.08 Å². The van der Waals surface area contributed by atoms with Crippen molar-refractivity contribution in [1.29, 1.82) is 0 Å². The summed E-state index contributed by atoms with van der Waals surface area (Å²) in [6, 6.07) is 13.5. The molecule has 3 rings (SSSR count). The number of aromatic nitrogens is 1. The number of amides is 1. The van der Waals surface area contributed by atoms with Gasteiger partial charge >= 0.3 is 0 Å². The number of aryl methyl sites for hydroxylation is 1. The summed E-state index contributed by atoms with van der Waals surface area (Å²) in [5.41, 5.74) is 1.80. The van der Waals surface area contributed by atoms with Crippen LogP contribution in [0.1, 0.15) is 11.3 Å². The number of hydrogen-bond acceptors (Lipinski definition) is 5. The quantitative estimate of drug-likeness (QED) is 0.327. The number of benzene rings is 2. The SMILES string of the molecule is Cc1csc(N(C(=O)C=Cc2ccc(Cl)c([N+](=O)[O-])c2)c2ccccc2)n1. The first-order valence-corrected chi connectivity index (χ1v) is 9.15. The van der Waals surface area contributed by atoms with Gasteiger partial charge in [0.2, 0.25) is 0 Å². The smallest absolute Gasteiger partial charge is 0.269 e. The number of nitro groups is 1. The molecule has 8 heteroatoms. The van der Waals surface area contributed by atoms with Gasteiger partial charge in [-0.2, -0.15) is 0 Å². The Morgan fingerprint density at radius 2 is 2.00 bits per heavy atom. The van der Waals surface area contributed by atoms with Gasteiger partial charge in [-0.25, -0.2) is 4.98 Å². The van der Waals surface area contributed by atoms with Crippen LogP contribution in [0.4, 0.5) is 16.5 Å². The van der Waals surface area contributed by atoms with E-state index in [9.17, 15) is 14.9 Å². The molecule has 0 fully saturated rings. The van der Waals surface area contributed by atoms with E-state index >= 15 is 0 Å². The van der Waals surface area contributed by atoms with Crippen LogP contribution in [-0.4, -0.2) is 15.8 Å². The van der Waals surface area contributed by atoms with Gasteiger partial charge < -0.3 is 0 Å². The average Bonchev–Trinajstić information content (AvgIpc) is 3.07. The van der Waals surface area contributed by atoms with Gasteiger partial charge in [0.1, 0.15) is 5.02 Å². The molecule has 2 aromatic carbocycles. The third kappa shape index (κ3) is 4.39. The number of halogens is 1. The van der Waals surface area contributed by atoms with Crippen molar-refractivity contribution in [2.75, 3.05) is 4.90 Å². The summed E-state index contributed by atoms with van der Waals surface area (Å²) in [6.45, 7) is 1.86. The molecule has 0 saturated carbocycles. The van der Waals surface area contributed by atoms with E-state index in [4.69, 9.17) is 11.6 Å². The van der Waals surface area contributed by atoms with Crippen LogP contribution in [-0.2, 0) is 4.79 Å². The summed E-state index contributed by atoms with van der Waals surface area (Å²) >= 11 is 7.18. The molecule has 0 aliphatic carbocycles. The number of nitrogens with zero attached hydrogens (tertiary/aromatic N) is 3. The minimum absolute atomic E-state index is 0.0487. The molecule has 0 aliphatic rings. The second-order valence-corrected chi connectivity index (χ2v) is 6.83. The first kappa shape index (κ1) is 18.8. The maximum absolute atomic E-state index is 12.9. The molecule has 136 valence electrons. The van der Waals surface area contributed by atoms with E-state index in [-0.39, 0.29) is 16.6 Å². The predicted octanol–water partition coefficient (Wildman–Crippen LogP) is 5.39. The lowest BCUT2D eigenvalue weighted by Crippen LogP contribution is -2.23. The van der Waals surface area contributed by atoms with Crippen LogP contribution in [0.15, 0.2) is 60.0 Å². The standard InChI is InChI=1S/C19H14ClN3O3S/c1-13-12-27-19(21-13)22(15-5-3-2-4-6-15)18(24)10-8-14-7-9-16(20)17(11-14)23(25)26/h2-12H,1H3. The molecule has 1 aromatic heterocycles. The fraction of sp³-hybridized carbons (Fsp3) is 0.0526. The molecule has 0 atom stereocenters. The fourth-order valence-electron chi connectivity index (χ4n) is 2.37. The number of thiazole rings is 1. The van der Waals surface area contributed by atoms with Crippen LogP contribution in [0, 0.1) is 17.0 Å². The molecule has 1 heterocycles. The second-order valence-electron chi connectivity index (χ2n) is 5.58. The van der Waals surface area contributed by atoms with Crippen molar-refractivity contribution in [3.63, 3.8) is 0 Å². The number of nitro benzene ring substituents is 1. The highest BCUT2D eigenvalue weighted by Crippen LogP contribution is 2.29. The highest BCUT2D eigenvalue weighted by atomic mass is 35.5. The van der Waals surface area contributed by atoms with Crippen LogP contribution in [0.5, 0.6) is 0 Å². The van der Waals surface area contributed by atoms with Gasteiger partial charge in [-0.1, -0.05) is 35.9 Å². The summed E-state index contributed by atoms with van der Waals surface area (Å²) in [4.78, 5) is 29.2. The van der Waals surface area contributed by atoms with Gasteiger partial charge in [-0.3, -0.25) is 19.8 Å². The van der Waals surface area contributed by atoms with Crippen molar-refractivity contribution in [3.05, 3.63) is 86.4 Å². The third-order valence-corrected chi connectivity index (χ3v) is 4.88. The van der Waals surface area contributed by atoms with Gasteiger partial charge in [0.15, 0.2) is 5.13 Å². The van der Waals surface area contributed by atoms with E-state index in [0.29, 0.717) is 16.4 Å². The minimum Gasteiger partial charge on any atom is -0.269 e. The van der Waals surface area contributed by atoms with Crippen LogP contribution >= 0.6 is 22.9 Å². The highest BCUT2D eigenvalue weighted by molar-refractivity contribution is 7.14. The number of anilines is 2. The molecule has 27 heavy (non-hydrogen) atoms. The Bertz CT molecular complexity index is 1020.